The van der Waals surface area contributed by atoms with Gasteiger partial charge in [0.1, 0.15) is 0 Å². The van der Waals surface area contributed by atoms with Crippen LogP contribution in [0, 0.1) is 33.6 Å². The van der Waals surface area contributed by atoms with Crippen molar-refractivity contribution in [2.45, 2.75) is 53.0 Å². The first kappa shape index (κ1) is 20.3. The monoisotopic (exact) mass is 378 g/mol. The van der Waals surface area contributed by atoms with Gasteiger partial charge < -0.3 is 11.1 Å². The summed E-state index contributed by atoms with van der Waals surface area (Å²) in [6.07, 6.45) is 2.65. The van der Waals surface area contributed by atoms with Crippen molar-refractivity contribution >= 4 is 18.3 Å². The van der Waals surface area contributed by atoms with Gasteiger partial charge in [-0.1, -0.05) is 0 Å². The first-order chi connectivity index (χ1) is 11.8. The Bertz CT molecular complexity index is 779. The molecule has 0 bridgehead atoms. The molecule has 2 heterocycles. The number of halogens is 1. The van der Waals surface area contributed by atoms with Gasteiger partial charge in [0.05, 0.1) is 12.1 Å². The highest BCUT2D eigenvalue weighted by atomic mass is 35.5. The molecule has 2 aromatic rings. The fourth-order valence-corrected chi connectivity index (χ4v) is 3.07. The van der Waals surface area contributed by atoms with Gasteiger partial charge in [0.15, 0.2) is 0 Å². The van der Waals surface area contributed by atoms with E-state index in [2.05, 4.69) is 20.4 Å². The third-order valence-electron chi connectivity index (χ3n) is 4.70. The molecule has 1 aliphatic carbocycles. The van der Waals surface area contributed by atoms with Gasteiger partial charge in [-0.2, -0.15) is 5.10 Å². The predicted octanol–water partition coefficient (Wildman–Crippen LogP) is 1.71. The standard InChI is InChI=1S/C18H26N6O.ClH/c1-10-7-11(2)22-18(21-10)24-13(4)15(12(3)23-24)8-17(25)20-9-16(19)14-5-6-14;/h7,14,16H,5-6,8-9,19H2,1-4H3,(H,20,25);1H. The Morgan fingerprint density at radius 3 is 2.46 bits per heavy atom. The highest BCUT2D eigenvalue weighted by Crippen LogP contribution is 2.31. The van der Waals surface area contributed by atoms with Crippen molar-refractivity contribution in [2.24, 2.45) is 11.7 Å². The predicted molar refractivity (Wildman–Crippen MR) is 103 cm³/mol. The average Bonchev–Trinajstić information content (AvgIpc) is 3.34. The van der Waals surface area contributed by atoms with E-state index in [0.717, 1.165) is 28.3 Å². The quantitative estimate of drug-likeness (QED) is 0.797. The second-order valence-corrected chi connectivity index (χ2v) is 6.99. The van der Waals surface area contributed by atoms with Crippen molar-refractivity contribution in [3.05, 3.63) is 34.4 Å². The minimum atomic E-state index is -0.0248. The molecule has 26 heavy (non-hydrogen) atoms. The van der Waals surface area contributed by atoms with Gasteiger partial charge in [0, 0.05) is 35.2 Å². The Morgan fingerprint density at radius 2 is 1.88 bits per heavy atom. The number of aryl methyl sites for hydroxylation is 3. The van der Waals surface area contributed by atoms with Crippen LogP contribution in [-0.2, 0) is 11.2 Å². The van der Waals surface area contributed by atoms with Crippen molar-refractivity contribution in [3.63, 3.8) is 0 Å². The maximum absolute atomic E-state index is 12.3. The smallest absolute Gasteiger partial charge is 0.251 e. The van der Waals surface area contributed by atoms with Gasteiger partial charge in [-0.05, 0) is 52.5 Å². The van der Waals surface area contributed by atoms with Crippen LogP contribution in [0.5, 0.6) is 0 Å². The van der Waals surface area contributed by atoms with E-state index in [9.17, 15) is 4.79 Å². The van der Waals surface area contributed by atoms with E-state index >= 15 is 0 Å². The molecule has 3 rings (SSSR count). The number of carbonyl (C=O) groups excluding carboxylic acids is 1. The molecule has 1 aliphatic rings. The van der Waals surface area contributed by atoms with Crippen LogP contribution in [-0.4, -0.2) is 38.2 Å². The van der Waals surface area contributed by atoms with Gasteiger partial charge in [-0.25, -0.2) is 14.6 Å². The number of aromatic nitrogens is 4. The molecule has 3 N–H and O–H groups in total. The summed E-state index contributed by atoms with van der Waals surface area (Å²) in [7, 11) is 0. The van der Waals surface area contributed by atoms with E-state index in [4.69, 9.17) is 5.73 Å². The van der Waals surface area contributed by atoms with E-state index in [1.165, 1.54) is 12.8 Å². The summed E-state index contributed by atoms with van der Waals surface area (Å²) in [5.74, 6) is 1.09. The zero-order valence-corrected chi connectivity index (χ0v) is 16.6. The maximum atomic E-state index is 12.3. The normalized spacial score (nSPS) is 14.7. The molecule has 0 aliphatic heterocycles. The lowest BCUT2D eigenvalue weighted by atomic mass is 10.1. The molecule has 1 amide bonds. The van der Waals surface area contributed by atoms with Crippen molar-refractivity contribution in [3.8, 4) is 5.95 Å². The van der Waals surface area contributed by atoms with Crippen LogP contribution in [0.4, 0.5) is 0 Å². The number of hydrogen-bond donors (Lipinski definition) is 2. The van der Waals surface area contributed by atoms with Gasteiger partial charge in [-0.3, -0.25) is 4.79 Å². The number of amides is 1. The summed E-state index contributed by atoms with van der Waals surface area (Å²) >= 11 is 0. The molecule has 0 radical (unpaired) electrons. The minimum Gasteiger partial charge on any atom is -0.354 e. The molecule has 1 atom stereocenters. The largest absolute Gasteiger partial charge is 0.354 e. The number of nitrogens with zero attached hydrogens (tertiary/aromatic N) is 4. The zero-order valence-electron chi connectivity index (χ0n) is 15.7. The van der Waals surface area contributed by atoms with Crippen LogP contribution >= 0.6 is 12.4 Å². The molecule has 7 nitrogen and oxygen atoms in total. The Labute approximate surface area is 160 Å². The topological polar surface area (TPSA) is 98.7 Å². The molecule has 1 saturated carbocycles. The molecular formula is C18H27ClN6O. The Kier molecular flexibility index (Phi) is 6.36. The van der Waals surface area contributed by atoms with Crippen LogP contribution in [0.2, 0.25) is 0 Å². The first-order valence-corrected chi connectivity index (χ1v) is 8.75. The third-order valence-corrected chi connectivity index (χ3v) is 4.70. The lowest BCUT2D eigenvalue weighted by Gasteiger charge is -2.11. The van der Waals surface area contributed by atoms with Crippen molar-refractivity contribution in [2.75, 3.05) is 6.54 Å². The fraction of sp³-hybridized carbons (Fsp3) is 0.556. The molecule has 1 unspecified atom stereocenters. The average molecular weight is 379 g/mol. The van der Waals surface area contributed by atoms with Gasteiger partial charge in [0.25, 0.3) is 5.95 Å². The SMILES string of the molecule is Cc1cc(C)nc(-n2nc(C)c(CC(=O)NCC(N)C3CC3)c2C)n1.Cl. The first-order valence-electron chi connectivity index (χ1n) is 8.75. The van der Waals surface area contributed by atoms with Crippen LogP contribution < -0.4 is 11.1 Å². The molecule has 2 aromatic heterocycles. The lowest BCUT2D eigenvalue weighted by molar-refractivity contribution is -0.120. The van der Waals surface area contributed by atoms with Crippen LogP contribution in [0.1, 0.15) is 41.2 Å². The van der Waals surface area contributed by atoms with E-state index < -0.39 is 0 Å². The summed E-state index contributed by atoms with van der Waals surface area (Å²) in [5, 5.41) is 7.48. The number of hydrogen-bond acceptors (Lipinski definition) is 5. The van der Waals surface area contributed by atoms with Crippen molar-refractivity contribution in [1.29, 1.82) is 0 Å². The molecule has 0 saturated heterocycles. The summed E-state index contributed by atoms with van der Waals surface area (Å²) in [6, 6.07) is 1.99. The molecule has 1 fully saturated rings. The van der Waals surface area contributed by atoms with Gasteiger partial charge in [-0.15, -0.1) is 12.4 Å². The Morgan fingerprint density at radius 1 is 1.27 bits per heavy atom. The fourth-order valence-electron chi connectivity index (χ4n) is 3.07. The maximum Gasteiger partial charge on any atom is 0.251 e. The second kappa shape index (κ2) is 8.14. The van der Waals surface area contributed by atoms with Crippen LogP contribution in [0.25, 0.3) is 5.95 Å². The second-order valence-electron chi connectivity index (χ2n) is 6.99. The van der Waals surface area contributed by atoms with E-state index in [0.29, 0.717) is 24.8 Å². The number of rotatable bonds is 6. The Hall–Kier alpha value is -1.99. The number of nitrogens with two attached hydrogens (primary N) is 1. The van der Waals surface area contributed by atoms with E-state index in [1.807, 2.05) is 33.8 Å². The highest BCUT2D eigenvalue weighted by molar-refractivity contribution is 5.85. The molecule has 8 heteroatoms. The van der Waals surface area contributed by atoms with E-state index in [1.54, 1.807) is 4.68 Å². The van der Waals surface area contributed by atoms with Crippen LogP contribution in [0.3, 0.4) is 0 Å². The van der Waals surface area contributed by atoms with E-state index in [-0.39, 0.29) is 24.4 Å². The molecule has 0 aromatic carbocycles. The van der Waals surface area contributed by atoms with Crippen LogP contribution in [0.15, 0.2) is 6.07 Å². The number of carbonyl (C=O) groups is 1. The minimum absolute atomic E-state index is 0. The lowest BCUT2D eigenvalue weighted by Crippen LogP contribution is -2.39. The molecule has 142 valence electrons. The summed E-state index contributed by atoms with van der Waals surface area (Å²) in [5.41, 5.74) is 10.5. The van der Waals surface area contributed by atoms with Crippen molar-refractivity contribution in [1.82, 2.24) is 25.1 Å². The zero-order chi connectivity index (χ0) is 18.1. The number of nitrogens with one attached hydrogen (secondary N) is 1. The highest BCUT2D eigenvalue weighted by Gasteiger charge is 2.28. The Balaban J connectivity index is 0.00000243. The third kappa shape index (κ3) is 4.59. The summed E-state index contributed by atoms with van der Waals surface area (Å²) in [6.45, 7) is 8.25. The summed E-state index contributed by atoms with van der Waals surface area (Å²) < 4.78 is 1.72. The summed E-state index contributed by atoms with van der Waals surface area (Å²) in [4.78, 5) is 21.2. The van der Waals surface area contributed by atoms with Crippen molar-refractivity contribution < 1.29 is 4.79 Å². The molecular weight excluding hydrogens is 352 g/mol. The van der Waals surface area contributed by atoms with Gasteiger partial charge >= 0.3 is 0 Å². The van der Waals surface area contributed by atoms with Gasteiger partial charge in [0.2, 0.25) is 5.91 Å². The molecule has 0 spiro atoms.